The maximum atomic E-state index is 5.84. The number of aromatic nitrogens is 1. The number of ether oxygens (including phenoxy) is 1. The maximum Gasteiger partial charge on any atom is 0.122 e. The van der Waals surface area contributed by atoms with Gasteiger partial charge in [0, 0.05) is 32.7 Å². The van der Waals surface area contributed by atoms with Crippen LogP contribution in [0.5, 0.6) is 5.75 Å². The van der Waals surface area contributed by atoms with E-state index in [1.807, 2.05) is 42.5 Å². The van der Waals surface area contributed by atoms with Crippen LogP contribution in [-0.4, -0.2) is 4.98 Å². The smallest absolute Gasteiger partial charge is 0.122 e. The molecule has 0 unspecified atom stereocenters. The second-order valence-corrected chi connectivity index (χ2v) is 6.20. The van der Waals surface area contributed by atoms with E-state index < -0.39 is 0 Å². The van der Waals surface area contributed by atoms with Crippen molar-refractivity contribution in [1.29, 1.82) is 0 Å². The van der Waals surface area contributed by atoms with Gasteiger partial charge in [-0.3, -0.25) is 9.17 Å². The normalized spacial score (nSPS) is 10.8. The lowest BCUT2D eigenvalue weighted by atomic mass is 10.2. The van der Waals surface area contributed by atoms with Gasteiger partial charge in [-0.25, -0.2) is 0 Å². The fourth-order valence-electron chi connectivity index (χ4n) is 2.13. The van der Waals surface area contributed by atoms with Gasteiger partial charge in [0.25, 0.3) is 0 Å². The zero-order chi connectivity index (χ0) is 15.2. The molecular weight excluding hydrogens is 409 g/mol. The summed E-state index contributed by atoms with van der Waals surface area (Å²) in [5, 5.41) is 1.10. The number of benzene rings is 2. The monoisotopic (exact) mass is 423 g/mol. The van der Waals surface area contributed by atoms with Gasteiger partial charge in [0.2, 0.25) is 0 Å². The molecule has 0 spiro atoms. The van der Waals surface area contributed by atoms with E-state index in [1.165, 1.54) is 9.21 Å². The summed E-state index contributed by atoms with van der Waals surface area (Å²) in [4.78, 5) is 4.61. The van der Waals surface area contributed by atoms with Crippen molar-refractivity contribution in [2.75, 3.05) is 0 Å². The van der Waals surface area contributed by atoms with Crippen LogP contribution >= 0.6 is 30.4 Å². The Morgan fingerprint density at radius 1 is 0.955 bits per heavy atom. The van der Waals surface area contributed by atoms with Gasteiger partial charge in [-0.2, -0.15) is 0 Å². The molecule has 2 aromatic carbocycles. The first-order valence-corrected chi connectivity index (χ1v) is 10.1. The van der Waals surface area contributed by atoms with Crippen LogP contribution in [0.4, 0.5) is 0 Å². The molecule has 3 rings (SSSR count). The van der Waals surface area contributed by atoms with E-state index in [-0.39, 0.29) is 0 Å². The zero-order valence-corrected chi connectivity index (χ0v) is 14.7. The van der Waals surface area contributed by atoms with Crippen LogP contribution in [-0.2, 0) is 17.4 Å². The third-order valence-corrected chi connectivity index (χ3v) is 4.19. The van der Waals surface area contributed by atoms with Crippen molar-refractivity contribution in [2.45, 2.75) is 13.2 Å². The van der Waals surface area contributed by atoms with Crippen LogP contribution in [0.3, 0.4) is 0 Å². The number of halogens is 1. The van der Waals surface area contributed by atoms with E-state index in [4.69, 9.17) is 8.92 Å². The van der Waals surface area contributed by atoms with Crippen LogP contribution in [0.2, 0.25) is 0 Å². The van der Waals surface area contributed by atoms with Crippen molar-refractivity contribution in [3.8, 4) is 5.75 Å². The van der Waals surface area contributed by atoms with Crippen LogP contribution in [0.25, 0.3) is 10.9 Å². The van der Waals surface area contributed by atoms with Gasteiger partial charge in [-0.05, 0) is 23.8 Å². The standard InChI is InChI=1S/C17H14INO2S/c18-22-21-12-15-8-6-14-7-9-16(10-17(14)19-15)20-11-13-4-2-1-3-5-13/h1-10H,11-12H2. The first-order valence-electron chi connectivity index (χ1n) is 6.82. The van der Waals surface area contributed by atoms with E-state index in [0.29, 0.717) is 13.2 Å². The lowest BCUT2D eigenvalue weighted by Gasteiger charge is -2.08. The van der Waals surface area contributed by atoms with Gasteiger partial charge >= 0.3 is 0 Å². The van der Waals surface area contributed by atoms with E-state index in [9.17, 15) is 0 Å². The molecule has 112 valence electrons. The summed E-state index contributed by atoms with van der Waals surface area (Å²) in [5.41, 5.74) is 2.98. The summed E-state index contributed by atoms with van der Waals surface area (Å²) in [6.45, 7) is 1.05. The van der Waals surface area contributed by atoms with Crippen molar-refractivity contribution in [3.63, 3.8) is 0 Å². The summed E-state index contributed by atoms with van der Waals surface area (Å²) < 4.78 is 11.2. The third kappa shape index (κ3) is 4.12. The summed E-state index contributed by atoms with van der Waals surface area (Å²) in [6, 6.07) is 20.1. The highest BCUT2D eigenvalue weighted by Crippen LogP contribution is 2.22. The van der Waals surface area contributed by atoms with Gasteiger partial charge in [0.05, 0.1) is 20.4 Å². The molecule has 0 bridgehead atoms. The number of hydrogen-bond acceptors (Lipinski definition) is 4. The molecule has 0 fully saturated rings. The molecule has 0 N–H and O–H groups in total. The Balaban J connectivity index is 1.76. The van der Waals surface area contributed by atoms with Gasteiger partial charge in [0.15, 0.2) is 0 Å². The highest BCUT2D eigenvalue weighted by atomic mass is 127. The second-order valence-electron chi connectivity index (χ2n) is 4.76. The number of fused-ring (bicyclic) bond motifs is 1. The van der Waals surface area contributed by atoms with Gasteiger partial charge in [-0.15, -0.1) is 0 Å². The van der Waals surface area contributed by atoms with Crippen LogP contribution in [0, 0.1) is 0 Å². The third-order valence-electron chi connectivity index (χ3n) is 3.22. The minimum Gasteiger partial charge on any atom is -0.489 e. The van der Waals surface area contributed by atoms with E-state index in [0.717, 1.165) is 27.9 Å². The summed E-state index contributed by atoms with van der Waals surface area (Å²) in [7, 11) is 1.32. The zero-order valence-electron chi connectivity index (χ0n) is 11.7. The molecule has 0 saturated carbocycles. The molecule has 0 aliphatic rings. The van der Waals surface area contributed by atoms with Crippen molar-refractivity contribution < 1.29 is 8.92 Å². The highest BCUT2D eigenvalue weighted by molar-refractivity contribution is 14.2. The number of nitrogens with zero attached hydrogens (tertiary/aromatic N) is 1. The second kappa shape index (κ2) is 7.80. The molecule has 0 radical (unpaired) electrons. The van der Waals surface area contributed by atoms with Crippen molar-refractivity contribution in [1.82, 2.24) is 4.98 Å². The van der Waals surface area contributed by atoms with Crippen LogP contribution in [0.15, 0.2) is 60.7 Å². The summed E-state index contributed by atoms with van der Waals surface area (Å²) in [5.74, 6) is 0.824. The molecular formula is C17H14INO2S. The molecule has 22 heavy (non-hydrogen) atoms. The quantitative estimate of drug-likeness (QED) is 0.396. The highest BCUT2D eigenvalue weighted by Gasteiger charge is 2.02. The van der Waals surface area contributed by atoms with Crippen molar-refractivity contribution >= 4 is 41.3 Å². The van der Waals surface area contributed by atoms with E-state index >= 15 is 0 Å². The first kappa shape index (κ1) is 15.6. The molecule has 3 nitrogen and oxygen atoms in total. The molecule has 0 amide bonds. The lowest BCUT2D eigenvalue weighted by Crippen LogP contribution is -1.96. The average molecular weight is 423 g/mol. The SMILES string of the molecule is ISOCc1ccc2ccc(OCc3ccccc3)cc2n1. The minimum atomic E-state index is 0.499. The average Bonchev–Trinajstić information content (AvgIpc) is 2.58. The molecule has 3 aromatic rings. The Morgan fingerprint density at radius 2 is 1.77 bits per heavy atom. The largest absolute Gasteiger partial charge is 0.489 e. The van der Waals surface area contributed by atoms with Gasteiger partial charge < -0.3 is 4.74 Å². The number of rotatable bonds is 6. The molecule has 5 heteroatoms. The van der Waals surface area contributed by atoms with Crippen LogP contribution < -0.4 is 4.74 Å². The molecule has 0 saturated heterocycles. The fraction of sp³-hybridized carbons (Fsp3) is 0.118. The van der Waals surface area contributed by atoms with Crippen molar-refractivity contribution in [2.24, 2.45) is 0 Å². The Morgan fingerprint density at radius 3 is 2.59 bits per heavy atom. The van der Waals surface area contributed by atoms with Crippen molar-refractivity contribution in [3.05, 3.63) is 71.9 Å². The molecule has 0 aliphatic carbocycles. The molecule has 1 heterocycles. The van der Waals surface area contributed by atoms with E-state index in [1.54, 1.807) is 0 Å². The van der Waals surface area contributed by atoms with E-state index in [2.05, 4.69) is 44.4 Å². The predicted octanol–water partition coefficient (Wildman–Crippen LogP) is 5.33. The Hall–Kier alpha value is -1.31. The van der Waals surface area contributed by atoms with Crippen LogP contribution in [0.1, 0.15) is 11.3 Å². The molecule has 0 atom stereocenters. The van der Waals surface area contributed by atoms with Gasteiger partial charge in [-0.1, -0.05) is 36.4 Å². The summed E-state index contributed by atoms with van der Waals surface area (Å²) >= 11 is 2.10. The Labute approximate surface area is 145 Å². The number of pyridine rings is 1. The topological polar surface area (TPSA) is 31.4 Å². The predicted molar refractivity (Wildman–Crippen MR) is 98.9 cm³/mol. The van der Waals surface area contributed by atoms with Gasteiger partial charge in [0.1, 0.15) is 19.0 Å². The Bertz CT molecular complexity index is 752. The maximum absolute atomic E-state index is 5.84. The summed E-state index contributed by atoms with van der Waals surface area (Å²) in [6.07, 6.45) is 0. The fourth-order valence-corrected chi connectivity index (χ4v) is 2.68. The lowest BCUT2D eigenvalue weighted by molar-refractivity contribution is 0.306. The number of hydrogen-bond donors (Lipinski definition) is 0. The first-order chi connectivity index (χ1) is 10.8. The molecule has 0 aliphatic heterocycles. The molecule has 1 aromatic heterocycles. The Kier molecular flexibility index (Phi) is 5.53. The minimum absolute atomic E-state index is 0.499.